The predicted octanol–water partition coefficient (Wildman–Crippen LogP) is -0.227. The van der Waals surface area contributed by atoms with E-state index in [0.29, 0.717) is 6.21 Å². The molecular formula is C12H17N3O5. The number of amides is 1. The van der Waals surface area contributed by atoms with Crippen molar-refractivity contribution in [2.75, 3.05) is 0 Å². The van der Waals surface area contributed by atoms with Crippen LogP contribution in [0.5, 0.6) is 0 Å². The van der Waals surface area contributed by atoms with Gasteiger partial charge in [0.2, 0.25) is 11.7 Å². The van der Waals surface area contributed by atoms with Crippen molar-refractivity contribution in [1.29, 1.82) is 0 Å². The summed E-state index contributed by atoms with van der Waals surface area (Å²) in [5, 5.41) is 11.3. The van der Waals surface area contributed by atoms with Crippen molar-refractivity contribution in [3.8, 4) is 0 Å². The van der Waals surface area contributed by atoms with Crippen LogP contribution >= 0.6 is 0 Å². The van der Waals surface area contributed by atoms with E-state index in [-0.39, 0.29) is 18.9 Å². The highest BCUT2D eigenvalue weighted by Crippen LogP contribution is 2.24. The maximum atomic E-state index is 11.7. The van der Waals surface area contributed by atoms with Gasteiger partial charge < -0.3 is 20.7 Å². The molecule has 2 N–H and O–H groups in total. The van der Waals surface area contributed by atoms with Crippen LogP contribution in [0.4, 0.5) is 0 Å². The molecule has 0 spiro atoms. The number of carbonyl (C=O) groups excluding carboxylic acids is 2. The molecule has 1 saturated carbocycles. The van der Waals surface area contributed by atoms with Crippen LogP contribution < -0.4 is 5.32 Å². The number of carbonyl (C=O) groups is 3. The van der Waals surface area contributed by atoms with Gasteiger partial charge in [0, 0.05) is 6.42 Å². The third-order valence-corrected chi connectivity index (χ3v) is 2.79. The van der Waals surface area contributed by atoms with E-state index >= 15 is 0 Å². The van der Waals surface area contributed by atoms with Gasteiger partial charge in [0.25, 0.3) is 0 Å². The van der Waals surface area contributed by atoms with Gasteiger partial charge in [-0.2, -0.15) is 4.79 Å². The topological polar surface area (TPSA) is 129 Å². The van der Waals surface area contributed by atoms with E-state index in [2.05, 4.69) is 10.1 Å². The van der Waals surface area contributed by atoms with Crippen molar-refractivity contribution in [1.82, 2.24) is 5.32 Å². The Labute approximate surface area is 115 Å². The van der Waals surface area contributed by atoms with Gasteiger partial charge in [-0.25, -0.2) is 4.79 Å². The summed E-state index contributed by atoms with van der Waals surface area (Å²) in [5.41, 5.74) is 8.17. The Morgan fingerprint density at radius 3 is 2.65 bits per heavy atom. The molecule has 1 aliphatic rings. The molecule has 1 fully saturated rings. The zero-order chi connectivity index (χ0) is 15.1. The number of hydrogen-bond donors (Lipinski definition) is 2. The molecule has 2 atom stereocenters. The molecule has 1 aliphatic carbocycles. The smallest absolute Gasteiger partial charge is 0.326 e. The van der Waals surface area contributed by atoms with Gasteiger partial charge in [-0.15, -0.1) is 0 Å². The average molecular weight is 283 g/mol. The minimum Gasteiger partial charge on any atom is -0.480 e. The average Bonchev–Trinajstić information content (AvgIpc) is 3.17. The predicted molar refractivity (Wildman–Crippen MR) is 67.1 cm³/mol. The number of carboxylic acids is 1. The molecule has 0 bridgehead atoms. The van der Waals surface area contributed by atoms with Crippen LogP contribution in [0.2, 0.25) is 0 Å². The molecule has 8 heteroatoms. The fourth-order valence-corrected chi connectivity index (χ4v) is 1.52. The molecule has 0 aliphatic heterocycles. The molecule has 110 valence electrons. The van der Waals surface area contributed by atoms with E-state index in [1.165, 1.54) is 0 Å². The Morgan fingerprint density at radius 1 is 1.50 bits per heavy atom. The van der Waals surface area contributed by atoms with Crippen LogP contribution in [0.25, 0.3) is 5.53 Å². The number of carboxylic acid groups (broad SMARTS) is 1. The summed E-state index contributed by atoms with van der Waals surface area (Å²) in [5.74, 6) is -2.27. The maximum absolute atomic E-state index is 11.7. The van der Waals surface area contributed by atoms with Crippen LogP contribution in [-0.4, -0.2) is 52.0 Å². The van der Waals surface area contributed by atoms with Crippen LogP contribution in [0.3, 0.4) is 0 Å². The third-order valence-electron chi connectivity index (χ3n) is 2.79. The van der Waals surface area contributed by atoms with Crippen LogP contribution in [0.15, 0.2) is 0 Å². The number of Topliss-reactive ketones (excluding diaryl/α,β-unsaturated/α-hetero) is 1. The van der Waals surface area contributed by atoms with Crippen molar-refractivity contribution in [3.63, 3.8) is 0 Å². The van der Waals surface area contributed by atoms with E-state index in [1.807, 2.05) is 0 Å². The lowest BCUT2D eigenvalue weighted by molar-refractivity contribution is -0.144. The van der Waals surface area contributed by atoms with Crippen molar-refractivity contribution in [2.24, 2.45) is 0 Å². The van der Waals surface area contributed by atoms with Gasteiger partial charge in [-0.1, -0.05) is 0 Å². The first-order valence-electron chi connectivity index (χ1n) is 6.33. The van der Waals surface area contributed by atoms with E-state index in [4.69, 9.17) is 15.4 Å². The zero-order valence-corrected chi connectivity index (χ0v) is 11.1. The second kappa shape index (κ2) is 7.52. The zero-order valence-electron chi connectivity index (χ0n) is 11.1. The quantitative estimate of drug-likeness (QED) is 0.343. The number of hydrogen-bond acceptors (Lipinski definition) is 4. The van der Waals surface area contributed by atoms with Crippen molar-refractivity contribution in [3.05, 3.63) is 5.53 Å². The number of ketones is 1. The Bertz CT molecular complexity index is 440. The first-order valence-corrected chi connectivity index (χ1v) is 6.33. The van der Waals surface area contributed by atoms with Gasteiger partial charge in [0.15, 0.2) is 0 Å². The molecule has 0 heterocycles. The van der Waals surface area contributed by atoms with Crippen LogP contribution in [0.1, 0.15) is 32.6 Å². The Morgan fingerprint density at radius 2 is 2.15 bits per heavy atom. The monoisotopic (exact) mass is 283 g/mol. The fourth-order valence-electron chi connectivity index (χ4n) is 1.52. The molecule has 1 rings (SSSR count). The number of aliphatic carboxylic acids is 1. The normalized spacial score (nSPS) is 16.6. The highest BCUT2D eigenvalue weighted by atomic mass is 16.5. The van der Waals surface area contributed by atoms with Gasteiger partial charge in [0.1, 0.15) is 12.1 Å². The molecule has 0 aromatic carbocycles. The lowest BCUT2D eigenvalue weighted by Gasteiger charge is -2.17. The van der Waals surface area contributed by atoms with Gasteiger partial charge in [-0.05, 0) is 26.2 Å². The maximum Gasteiger partial charge on any atom is 0.326 e. The van der Waals surface area contributed by atoms with Crippen molar-refractivity contribution >= 4 is 23.9 Å². The number of nitrogens with one attached hydrogen (secondary N) is 1. The van der Waals surface area contributed by atoms with Gasteiger partial charge >= 0.3 is 12.2 Å². The van der Waals surface area contributed by atoms with E-state index in [0.717, 1.165) is 12.8 Å². The minimum absolute atomic E-state index is 0.0813. The second-order valence-electron chi connectivity index (χ2n) is 4.63. The molecule has 0 unspecified atom stereocenters. The Balaban J connectivity index is 2.44. The molecule has 1 amide bonds. The highest BCUT2D eigenvalue weighted by Gasteiger charge is 2.29. The summed E-state index contributed by atoms with van der Waals surface area (Å²) in [4.78, 5) is 36.4. The molecule has 0 aromatic heterocycles. The van der Waals surface area contributed by atoms with Crippen molar-refractivity contribution < 1.29 is 29.0 Å². The summed E-state index contributed by atoms with van der Waals surface area (Å²) in [6.07, 6.45) is 1.66. The summed E-state index contributed by atoms with van der Waals surface area (Å²) >= 11 is 0. The Hall–Kier alpha value is -2.05. The van der Waals surface area contributed by atoms with Crippen LogP contribution in [-0.2, 0) is 19.1 Å². The summed E-state index contributed by atoms with van der Waals surface area (Å²) in [7, 11) is 0. The van der Waals surface area contributed by atoms with Gasteiger partial charge in [-0.3, -0.25) is 9.59 Å². The third kappa shape index (κ3) is 5.73. The van der Waals surface area contributed by atoms with E-state index < -0.39 is 29.8 Å². The van der Waals surface area contributed by atoms with Crippen molar-refractivity contribution in [2.45, 2.75) is 50.9 Å². The Kier molecular flexibility index (Phi) is 6.02. The minimum atomic E-state index is -1.23. The number of ether oxygens (including phenoxy) is 1. The van der Waals surface area contributed by atoms with Gasteiger partial charge in [0.05, 0.1) is 6.10 Å². The highest BCUT2D eigenvalue weighted by molar-refractivity contribution is 6.25. The molecule has 0 saturated heterocycles. The molecular weight excluding hydrogens is 266 g/mol. The summed E-state index contributed by atoms with van der Waals surface area (Å²) in [6.45, 7) is 1.55. The van der Waals surface area contributed by atoms with E-state index in [9.17, 15) is 14.4 Å². The largest absolute Gasteiger partial charge is 0.480 e. The second-order valence-corrected chi connectivity index (χ2v) is 4.63. The fraction of sp³-hybridized carbons (Fsp3) is 0.667. The molecule has 20 heavy (non-hydrogen) atoms. The number of nitrogens with zero attached hydrogens (tertiary/aromatic N) is 2. The first-order chi connectivity index (χ1) is 9.43. The SMILES string of the molecule is C[C@H](OC1CC1)C(=O)N[C@@H](CCC(=O)C=[N+]=[N-])C(=O)O. The standard InChI is InChI=1S/C12H17N3O5/c1-7(20-9-3-4-9)11(17)15-10(12(18)19)5-2-8(16)6-14-13/h6-7,9-10H,2-5H2,1H3,(H,15,17)(H,18,19)/t7-,10-/m0/s1. The summed E-state index contributed by atoms with van der Waals surface area (Å²) in [6, 6.07) is -1.18. The summed E-state index contributed by atoms with van der Waals surface area (Å²) < 4.78 is 5.34. The first kappa shape index (κ1) is 16.0. The van der Waals surface area contributed by atoms with Crippen LogP contribution in [0, 0.1) is 0 Å². The molecule has 0 radical (unpaired) electrons. The molecule has 0 aromatic rings. The van der Waals surface area contributed by atoms with E-state index in [1.54, 1.807) is 6.92 Å². The lowest BCUT2D eigenvalue weighted by Crippen LogP contribution is -2.45. The lowest BCUT2D eigenvalue weighted by atomic mass is 10.1. The molecule has 8 nitrogen and oxygen atoms in total. The number of rotatable bonds is 9.